The van der Waals surface area contributed by atoms with Crippen molar-refractivity contribution in [3.63, 3.8) is 0 Å². The van der Waals surface area contributed by atoms with Crippen molar-refractivity contribution in [3.05, 3.63) is 161 Å². The third-order valence-corrected chi connectivity index (χ3v) is 11.6. The van der Waals surface area contributed by atoms with Gasteiger partial charge in [-0.05, 0) is 105 Å². The Morgan fingerprint density at radius 3 is 2.00 bits per heavy atom. The maximum atomic E-state index is 3.96. The lowest BCUT2D eigenvalue weighted by Crippen LogP contribution is -2.16. The van der Waals surface area contributed by atoms with Crippen LogP contribution in [0, 0.1) is 0 Å². The second-order valence-electron chi connectivity index (χ2n) is 15.9. The van der Waals surface area contributed by atoms with Crippen LogP contribution in [0.15, 0.2) is 133 Å². The molecule has 1 heterocycles. The quantitative estimate of drug-likeness (QED) is 0.129. The first-order valence-electron chi connectivity index (χ1n) is 19.1. The van der Waals surface area contributed by atoms with Gasteiger partial charge in [-0.2, -0.15) is 0 Å². The molecule has 0 radical (unpaired) electrons. The Kier molecular flexibility index (Phi) is 7.92. The predicted octanol–water partition coefficient (Wildman–Crippen LogP) is 14.2. The molecule has 2 N–H and O–H groups in total. The summed E-state index contributed by atoms with van der Waals surface area (Å²) >= 11 is 0. The molecule has 7 aromatic rings. The molecule has 7 aromatic carbocycles. The summed E-state index contributed by atoms with van der Waals surface area (Å²) in [5, 5.41) is 12.4. The maximum Gasteiger partial charge on any atom is 0.0620 e. The number of benzene rings is 7. The molecule has 2 aliphatic rings. The average molecular weight is 690 g/mol. The van der Waals surface area contributed by atoms with Crippen molar-refractivity contribution in [2.24, 2.45) is 0 Å². The second kappa shape index (κ2) is 12.7. The van der Waals surface area contributed by atoms with Gasteiger partial charge in [-0.3, -0.25) is 0 Å². The molecule has 0 saturated heterocycles. The fourth-order valence-corrected chi connectivity index (χ4v) is 8.58. The van der Waals surface area contributed by atoms with Crippen LogP contribution in [0.1, 0.15) is 81.2 Å². The summed E-state index contributed by atoms with van der Waals surface area (Å²) in [6, 6.07) is 47.9. The molecule has 1 aliphatic heterocycles. The summed E-state index contributed by atoms with van der Waals surface area (Å²) in [6.07, 6.45) is 4.45. The summed E-state index contributed by atoms with van der Waals surface area (Å²) in [4.78, 5) is 2.50. The van der Waals surface area contributed by atoms with Gasteiger partial charge in [0.1, 0.15) is 0 Å². The second-order valence-corrected chi connectivity index (χ2v) is 15.9. The lowest BCUT2D eigenvalue weighted by atomic mass is 9.81. The van der Waals surface area contributed by atoms with E-state index in [1.807, 2.05) is 0 Å². The number of hydrogen-bond acceptors (Lipinski definition) is 3. The van der Waals surface area contributed by atoms with Gasteiger partial charge < -0.3 is 15.5 Å². The summed E-state index contributed by atoms with van der Waals surface area (Å²) < 4.78 is 0. The van der Waals surface area contributed by atoms with Crippen LogP contribution < -0.4 is 15.5 Å². The third kappa shape index (κ3) is 5.49. The molecule has 262 valence electrons. The Labute approximate surface area is 314 Å². The van der Waals surface area contributed by atoms with E-state index in [1.54, 1.807) is 0 Å². The van der Waals surface area contributed by atoms with E-state index in [-0.39, 0.29) is 5.41 Å². The molecule has 0 unspecified atom stereocenters. The van der Waals surface area contributed by atoms with Crippen LogP contribution in [-0.2, 0) is 5.41 Å². The van der Waals surface area contributed by atoms with E-state index in [4.69, 9.17) is 0 Å². The van der Waals surface area contributed by atoms with E-state index in [0.29, 0.717) is 11.8 Å². The van der Waals surface area contributed by atoms with Crippen LogP contribution in [-0.4, -0.2) is 6.54 Å². The van der Waals surface area contributed by atoms with Gasteiger partial charge >= 0.3 is 0 Å². The molecule has 0 amide bonds. The van der Waals surface area contributed by atoms with E-state index in [9.17, 15) is 0 Å². The van der Waals surface area contributed by atoms with Crippen LogP contribution >= 0.6 is 0 Å². The topological polar surface area (TPSA) is 27.3 Å². The van der Waals surface area contributed by atoms with Crippen LogP contribution in [0.2, 0.25) is 0 Å². The monoisotopic (exact) mass is 689 g/mol. The highest BCUT2D eigenvalue weighted by Gasteiger charge is 2.36. The number of nitrogens with zero attached hydrogens (tertiary/aromatic N) is 1. The summed E-state index contributed by atoms with van der Waals surface area (Å²) in [5.41, 5.74) is 16.0. The van der Waals surface area contributed by atoms with Crippen molar-refractivity contribution >= 4 is 61.7 Å². The van der Waals surface area contributed by atoms with E-state index in [2.05, 4.69) is 197 Å². The van der Waals surface area contributed by atoms with Crippen molar-refractivity contribution in [1.29, 1.82) is 0 Å². The SMILES string of the molecule is CC(C)c1ccc(Nc2c3ccccc3c(N(c3ccc(C(C)C)cc3)c3ccc4c(c3)C=CCN4)c3cc4c(cc23)-c2ccccc2C4(C)C)cc1. The average Bonchev–Trinajstić information content (AvgIpc) is 3.40. The van der Waals surface area contributed by atoms with E-state index < -0.39 is 0 Å². The van der Waals surface area contributed by atoms with Gasteiger partial charge in [0.25, 0.3) is 0 Å². The third-order valence-electron chi connectivity index (χ3n) is 11.6. The molecule has 0 atom stereocenters. The molecule has 0 saturated carbocycles. The fourth-order valence-electron chi connectivity index (χ4n) is 8.58. The van der Waals surface area contributed by atoms with Gasteiger partial charge in [0.05, 0.1) is 11.4 Å². The molecule has 53 heavy (non-hydrogen) atoms. The van der Waals surface area contributed by atoms with E-state index in [1.165, 1.54) is 71.9 Å². The van der Waals surface area contributed by atoms with Gasteiger partial charge in [-0.1, -0.05) is 126 Å². The molecule has 3 nitrogen and oxygen atoms in total. The zero-order chi connectivity index (χ0) is 36.4. The van der Waals surface area contributed by atoms with Crippen molar-refractivity contribution < 1.29 is 0 Å². The molecule has 9 rings (SSSR count). The van der Waals surface area contributed by atoms with Crippen molar-refractivity contribution in [1.82, 2.24) is 0 Å². The van der Waals surface area contributed by atoms with Gasteiger partial charge in [0, 0.05) is 56.3 Å². The lowest BCUT2D eigenvalue weighted by Gasteiger charge is -2.31. The smallest absolute Gasteiger partial charge is 0.0620 e. The fraction of sp³-hybridized carbons (Fsp3) is 0.200. The highest BCUT2D eigenvalue weighted by Crippen LogP contribution is 2.54. The number of anilines is 6. The van der Waals surface area contributed by atoms with E-state index in [0.717, 1.165) is 29.3 Å². The Morgan fingerprint density at radius 1 is 0.604 bits per heavy atom. The minimum absolute atomic E-state index is 0.144. The normalized spacial score (nSPS) is 14.0. The van der Waals surface area contributed by atoms with E-state index >= 15 is 0 Å². The van der Waals surface area contributed by atoms with Gasteiger partial charge in [-0.25, -0.2) is 0 Å². The molecule has 0 spiro atoms. The molecular formula is C50H47N3. The Balaban J connectivity index is 1.38. The van der Waals surface area contributed by atoms with Crippen LogP contribution in [0.5, 0.6) is 0 Å². The highest BCUT2D eigenvalue weighted by molar-refractivity contribution is 6.23. The molecule has 1 aliphatic carbocycles. The number of rotatable bonds is 7. The molecule has 0 bridgehead atoms. The number of fused-ring (bicyclic) bond motifs is 6. The van der Waals surface area contributed by atoms with Crippen molar-refractivity contribution in [2.45, 2.75) is 58.8 Å². The number of hydrogen-bond donors (Lipinski definition) is 2. The summed E-state index contributed by atoms with van der Waals surface area (Å²) in [7, 11) is 0. The minimum atomic E-state index is -0.144. The lowest BCUT2D eigenvalue weighted by molar-refractivity contribution is 0.661. The summed E-state index contributed by atoms with van der Waals surface area (Å²) in [5.74, 6) is 0.928. The zero-order valence-electron chi connectivity index (χ0n) is 31.6. The summed E-state index contributed by atoms with van der Waals surface area (Å²) in [6.45, 7) is 14.6. The molecule has 3 heteroatoms. The Hall–Kier alpha value is -5.80. The first kappa shape index (κ1) is 33.1. The highest BCUT2D eigenvalue weighted by atomic mass is 15.1. The minimum Gasteiger partial charge on any atom is -0.381 e. The van der Waals surface area contributed by atoms with Crippen LogP contribution in [0.4, 0.5) is 34.1 Å². The first-order chi connectivity index (χ1) is 25.7. The van der Waals surface area contributed by atoms with Gasteiger partial charge in [0.2, 0.25) is 0 Å². The molecular weight excluding hydrogens is 643 g/mol. The number of nitrogens with one attached hydrogen (secondary N) is 2. The molecule has 0 aromatic heterocycles. The van der Waals surface area contributed by atoms with Gasteiger partial charge in [-0.15, -0.1) is 0 Å². The first-order valence-corrected chi connectivity index (χ1v) is 19.1. The maximum absolute atomic E-state index is 3.96. The largest absolute Gasteiger partial charge is 0.381 e. The Morgan fingerprint density at radius 2 is 1.26 bits per heavy atom. The van der Waals surface area contributed by atoms with Crippen molar-refractivity contribution in [3.8, 4) is 11.1 Å². The predicted molar refractivity (Wildman–Crippen MR) is 229 cm³/mol. The molecule has 0 fully saturated rings. The van der Waals surface area contributed by atoms with Crippen LogP contribution in [0.3, 0.4) is 0 Å². The van der Waals surface area contributed by atoms with Gasteiger partial charge in [0.15, 0.2) is 0 Å². The van der Waals surface area contributed by atoms with Crippen LogP contribution in [0.25, 0.3) is 38.7 Å². The Bertz CT molecular complexity index is 2550. The standard InChI is InChI=1S/C50H47N3/c1-31(2)33-17-21-36(22-18-33)52-48-40-14-7-8-15-41(40)49(44-30-46-42(29-43(44)48)39-13-9-10-16-45(39)50(46,5)6)53(37-23-19-34(20-24-37)32(3)4)38-25-26-47-35(28-38)12-11-27-51-47/h7-26,28-32,51-52H,27H2,1-6H3. The van der Waals surface area contributed by atoms with Crippen molar-refractivity contribution in [2.75, 3.05) is 22.1 Å². The zero-order valence-corrected chi connectivity index (χ0v) is 31.6.